The zero-order valence-corrected chi connectivity index (χ0v) is 9.09. The topological polar surface area (TPSA) is 0 Å². The zero-order valence-electron chi connectivity index (χ0n) is 9.09. The molecule has 2 rings (SSSR count). The van der Waals surface area contributed by atoms with E-state index in [1.807, 2.05) is 0 Å². The summed E-state index contributed by atoms with van der Waals surface area (Å²) in [4.78, 5) is 0. The molecule has 14 heavy (non-hydrogen) atoms. The van der Waals surface area contributed by atoms with Gasteiger partial charge in [-0.25, -0.2) is 0 Å². The summed E-state index contributed by atoms with van der Waals surface area (Å²) in [6.45, 7) is 4.55. The molecule has 0 aliphatic heterocycles. The molecule has 1 aliphatic rings. The Morgan fingerprint density at radius 3 is 3.00 bits per heavy atom. The molecule has 0 spiro atoms. The van der Waals surface area contributed by atoms with Gasteiger partial charge in [0.2, 0.25) is 0 Å². The molecule has 0 fully saturated rings. The van der Waals surface area contributed by atoms with E-state index in [0.717, 1.165) is 0 Å². The van der Waals surface area contributed by atoms with E-state index in [9.17, 15) is 0 Å². The van der Waals surface area contributed by atoms with E-state index < -0.39 is 0 Å². The summed E-state index contributed by atoms with van der Waals surface area (Å²) < 4.78 is 0. The molecule has 0 saturated heterocycles. The van der Waals surface area contributed by atoms with Crippen LogP contribution in [0.25, 0.3) is 6.08 Å². The minimum absolute atomic E-state index is 0.709. The average Bonchev–Trinajstić information content (AvgIpc) is 2.19. The lowest BCUT2D eigenvalue weighted by Crippen LogP contribution is -2.06. The molecule has 0 saturated carbocycles. The Hall–Kier alpha value is -1.04. The summed E-state index contributed by atoms with van der Waals surface area (Å²) in [5, 5.41) is 0. The molecule has 1 aromatic rings. The normalized spacial score (nSPS) is 19.4. The Kier molecular flexibility index (Phi) is 2.72. The molecule has 1 aromatic carbocycles. The predicted octanol–water partition coefficient (Wildman–Crippen LogP) is 3.84. The monoisotopic (exact) mass is 186 g/mol. The van der Waals surface area contributed by atoms with Crippen LogP contribution in [-0.2, 0) is 12.8 Å². The van der Waals surface area contributed by atoms with Gasteiger partial charge in [0.05, 0.1) is 0 Å². The molecule has 1 unspecified atom stereocenters. The summed E-state index contributed by atoms with van der Waals surface area (Å²) in [5.41, 5.74) is 4.58. The lowest BCUT2D eigenvalue weighted by molar-refractivity contribution is 0.707. The van der Waals surface area contributed by atoms with Gasteiger partial charge in [0.15, 0.2) is 0 Å². The van der Waals surface area contributed by atoms with Crippen LogP contribution in [0.2, 0.25) is 0 Å². The van der Waals surface area contributed by atoms with Crippen molar-refractivity contribution in [3.63, 3.8) is 0 Å². The van der Waals surface area contributed by atoms with Gasteiger partial charge in [0.25, 0.3) is 0 Å². The Bertz CT molecular complexity index is 347. The van der Waals surface area contributed by atoms with E-state index in [2.05, 4.69) is 44.2 Å². The molecule has 0 aromatic heterocycles. The summed E-state index contributed by atoms with van der Waals surface area (Å²) >= 11 is 0. The van der Waals surface area contributed by atoms with Crippen molar-refractivity contribution in [1.82, 2.24) is 0 Å². The number of hydrogen-bond donors (Lipinski definition) is 0. The van der Waals surface area contributed by atoms with Crippen molar-refractivity contribution in [3.05, 3.63) is 41.0 Å². The fourth-order valence-electron chi connectivity index (χ4n) is 2.22. The van der Waals surface area contributed by atoms with Gasteiger partial charge >= 0.3 is 0 Å². The number of benzene rings is 1. The summed E-state index contributed by atoms with van der Waals surface area (Å²) in [5.74, 6) is 0.709. The summed E-state index contributed by atoms with van der Waals surface area (Å²) in [6.07, 6.45) is 8.29. The first-order valence-corrected chi connectivity index (χ1v) is 5.60. The first-order valence-electron chi connectivity index (χ1n) is 5.60. The second-order valence-corrected chi connectivity index (χ2v) is 4.28. The van der Waals surface area contributed by atoms with Crippen molar-refractivity contribution in [3.8, 4) is 0 Å². The average molecular weight is 186 g/mol. The molecular weight excluding hydrogens is 168 g/mol. The number of fused-ring (bicyclic) bond motifs is 1. The van der Waals surface area contributed by atoms with Crippen molar-refractivity contribution < 1.29 is 0 Å². The van der Waals surface area contributed by atoms with Crippen LogP contribution in [0.3, 0.4) is 0 Å². The van der Waals surface area contributed by atoms with Crippen LogP contribution < -0.4 is 0 Å². The third-order valence-electron chi connectivity index (χ3n) is 2.96. The smallest absolute Gasteiger partial charge is 0.0209 e. The van der Waals surface area contributed by atoms with E-state index >= 15 is 0 Å². The maximum absolute atomic E-state index is 2.32. The molecule has 1 atom stereocenters. The highest BCUT2D eigenvalue weighted by Gasteiger charge is 2.12. The fourth-order valence-corrected chi connectivity index (χ4v) is 2.22. The van der Waals surface area contributed by atoms with Gasteiger partial charge in [0, 0.05) is 0 Å². The van der Waals surface area contributed by atoms with Crippen molar-refractivity contribution in [2.45, 2.75) is 33.1 Å². The highest BCUT2D eigenvalue weighted by molar-refractivity contribution is 5.58. The predicted molar refractivity (Wildman–Crippen MR) is 62.3 cm³/mol. The maximum Gasteiger partial charge on any atom is -0.0209 e. The van der Waals surface area contributed by atoms with Gasteiger partial charge < -0.3 is 0 Å². The van der Waals surface area contributed by atoms with Crippen LogP contribution in [0.5, 0.6) is 0 Å². The third-order valence-corrected chi connectivity index (χ3v) is 2.96. The van der Waals surface area contributed by atoms with Crippen molar-refractivity contribution in [2.75, 3.05) is 0 Å². The molecule has 0 amide bonds. The van der Waals surface area contributed by atoms with Crippen LogP contribution >= 0.6 is 0 Å². The molecule has 0 radical (unpaired) electrons. The fraction of sp³-hybridized carbons (Fsp3) is 0.429. The molecule has 0 nitrogen and oxygen atoms in total. The highest BCUT2D eigenvalue weighted by Crippen LogP contribution is 2.26. The molecule has 0 heterocycles. The largest absolute Gasteiger partial charge is 0.0808 e. The van der Waals surface area contributed by atoms with Crippen LogP contribution in [0.4, 0.5) is 0 Å². The number of hydrogen-bond acceptors (Lipinski definition) is 0. The maximum atomic E-state index is 2.32. The van der Waals surface area contributed by atoms with Gasteiger partial charge in [-0.3, -0.25) is 0 Å². The summed E-state index contributed by atoms with van der Waals surface area (Å²) in [7, 11) is 0. The Morgan fingerprint density at radius 1 is 1.36 bits per heavy atom. The van der Waals surface area contributed by atoms with E-state index in [-0.39, 0.29) is 0 Å². The minimum Gasteiger partial charge on any atom is -0.0808 e. The van der Waals surface area contributed by atoms with Crippen LogP contribution in [0.15, 0.2) is 24.3 Å². The Morgan fingerprint density at radius 2 is 2.21 bits per heavy atom. The first kappa shape index (κ1) is 9.51. The van der Waals surface area contributed by atoms with E-state index in [0.29, 0.717) is 5.92 Å². The number of aryl methyl sites for hydroxylation is 1. The lowest BCUT2D eigenvalue weighted by Gasteiger charge is -2.19. The van der Waals surface area contributed by atoms with Crippen molar-refractivity contribution in [1.29, 1.82) is 0 Å². The van der Waals surface area contributed by atoms with Crippen molar-refractivity contribution >= 4 is 6.08 Å². The second-order valence-electron chi connectivity index (χ2n) is 4.28. The van der Waals surface area contributed by atoms with Crippen molar-refractivity contribution in [2.24, 2.45) is 5.92 Å². The van der Waals surface area contributed by atoms with Crippen LogP contribution in [0.1, 0.15) is 37.0 Å². The molecule has 0 heteroatoms. The van der Waals surface area contributed by atoms with E-state index in [4.69, 9.17) is 0 Å². The first-order chi connectivity index (χ1) is 6.81. The van der Waals surface area contributed by atoms with E-state index in [1.165, 1.54) is 24.8 Å². The van der Waals surface area contributed by atoms with Gasteiger partial charge in [-0.05, 0) is 35.4 Å². The Labute approximate surface area is 86.7 Å². The molecule has 0 bridgehead atoms. The Balaban J connectivity index is 2.40. The highest BCUT2D eigenvalue weighted by atomic mass is 14.2. The third kappa shape index (κ3) is 1.75. The molecule has 0 N–H and O–H groups in total. The van der Waals surface area contributed by atoms with E-state index in [1.54, 1.807) is 11.1 Å². The number of allylic oxidation sites excluding steroid dienone is 1. The molecule has 1 aliphatic carbocycles. The summed E-state index contributed by atoms with van der Waals surface area (Å²) in [6, 6.07) is 6.70. The number of rotatable bonds is 2. The minimum atomic E-state index is 0.709. The SMILES string of the molecule is CCCc1cccc2c1CC(C)C=C2. The van der Waals surface area contributed by atoms with Gasteiger partial charge in [-0.1, -0.05) is 50.6 Å². The van der Waals surface area contributed by atoms with Crippen LogP contribution in [-0.4, -0.2) is 0 Å². The molecular formula is C14H18. The van der Waals surface area contributed by atoms with Gasteiger partial charge in [-0.15, -0.1) is 0 Å². The van der Waals surface area contributed by atoms with Crippen LogP contribution in [0, 0.1) is 5.92 Å². The molecule has 74 valence electrons. The van der Waals surface area contributed by atoms with Gasteiger partial charge in [-0.2, -0.15) is 0 Å². The standard InChI is InChI=1S/C14H18/c1-3-5-12-6-4-7-13-9-8-11(2)10-14(12)13/h4,6-9,11H,3,5,10H2,1-2H3. The zero-order chi connectivity index (χ0) is 9.97. The lowest BCUT2D eigenvalue weighted by atomic mass is 9.86. The quantitative estimate of drug-likeness (QED) is 0.658. The second kappa shape index (κ2) is 4.00. The van der Waals surface area contributed by atoms with Gasteiger partial charge in [0.1, 0.15) is 0 Å².